The topological polar surface area (TPSA) is 61.1 Å². The first-order valence-corrected chi connectivity index (χ1v) is 6.37. The lowest BCUT2D eigenvalue weighted by atomic mass is 10.1. The van der Waals surface area contributed by atoms with Crippen LogP contribution in [0.2, 0.25) is 0 Å². The number of aryl methyl sites for hydroxylation is 2. The predicted octanol–water partition coefficient (Wildman–Crippen LogP) is 1.54. The zero-order chi connectivity index (χ0) is 13.4. The molecule has 5 nitrogen and oxygen atoms in total. The van der Waals surface area contributed by atoms with Gasteiger partial charge in [0, 0.05) is 19.0 Å². The fraction of sp³-hybridized carbons (Fsp3) is 0.286. The van der Waals surface area contributed by atoms with Crippen molar-refractivity contribution in [2.45, 2.75) is 13.3 Å². The number of nitrogens with two attached hydrogens (primary N) is 1. The molecule has 0 bridgehead atoms. The molecule has 0 aliphatic heterocycles. The number of rotatable bonds is 3. The Morgan fingerprint density at radius 2 is 1.95 bits per heavy atom. The van der Waals surface area contributed by atoms with E-state index >= 15 is 0 Å². The highest BCUT2D eigenvalue weighted by Crippen LogP contribution is 2.19. The largest absolute Gasteiger partial charge is 0.330 e. The minimum absolute atomic E-state index is 0.606. The van der Waals surface area contributed by atoms with Gasteiger partial charge < -0.3 is 5.73 Å². The van der Waals surface area contributed by atoms with E-state index in [-0.39, 0.29) is 0 Å². The highest BCUT2D eigenvalue weighted by atomic mass is 15.4. The molecule has 1 aromatic carbocycles. The molecule has 0 aliphatic rings. The van der Waals surface area contributed by atoms with Crippen LogP contribution in [-0.4, -0.2) is 25.7 Å². The molecule has 0 radical (unpaired) electrons. The molecule has 3 rings (SSSR count). The monoisotopic (exact) mass is 255 g/mol. The van der Waals surface area contributed by atoms with Gasteiger partial charge in [-0.05, 0) is 13.5 Å². The van der Waals surface area contributed by atoms with Gasteiger partial charge in [0.05, 0.1) is 11.9 Å². The lowest BCUT2D eigenvalue weighted by Gasteiger charge is -2.01. The summed E-state index contributed by atoms with van der Waals surface area (Å²) >= 11 is 0. The van der Waals surface area contributed by atoms with Crippen molar-refractivity contribution in [2.24, 2.45) is 12.8 Å². The van der Waals surface area contributed by atoms with Gasteiger partial charge in [-0.25, -0.2) is 9.50 Å². The second-order valence-electron chi connectivity index (χ2n) is 4.76. The van der Waals surface area contributed by atoms with E-state index in [1.807, 2.05) is 22.3 Å². The summed E-state index contributed by atoms with van der Waals surface area (Å²) in [5.41, 5.74) is 8.87. The number of aromatic nitrogens is 4. The summed E-state index contributed by atoms with van der Waals surface area (Å²) in [6.07, 6.45) is 2.73. The van der Waals surface area contributed by atoms with Crippen molar-refractivity contribution in [2.75, 3.05) is 6.54 Å². The SMILES string of the molecule is Cc1ccc(-c2nn3cc(CCN)nc3n2C)cc1. The van der Waals surface area contributed by atoms with Crippen LogP contribution >= 0.6 is 0 Å². The maximum Gasteiger partial charge on any atom is 0.232 e. The Kier molecular flexibility index (Phi) is 2.83. The highest BCUT2D eigenvalue weighted by molar-refractivity contribution is 5.58. The van der Waals surface area contributed by atoms with Gasteiger partial charge in [-0.2, -0.15) is 0 Å². The maximum absolute atomic E-state index is 5.55. The Hall–Kier alpha value is -2.14. The fourth-order valence-corrected chi connectivity index (χ4v) is 2.20. The molecule has 19 heavy (non-hydrogen) atoms. The summed E-state index contributed by atoms with van der Waals surface area (Å²) in [5, 5.41) is 4.59. The highest BCUT2D eigenvalue weighted by Gasteiger charge is 2.12. The third-order valence-electron chi connectivity index (χ3n) is 3.25. The molecule has 0 fully saturated rings. The van der Waals surface area contributed by atoms with Crippen LogP contribution in [0.1, 0.15) is 11.3 Å². The van der Waals surface area contributed by atoms with E-state index in [0.29, 0.717) is 6.54 Å². The third kappa shape index (κ3) is 2.02. The Morgan fingerprint density at radius 3 is 2.58 bits per heavy atom. The first-order valence-electron chi connectivity index (χ1n) is 6.37. The van der Waals surface area contributed by atoms with Crippen molar-refractivity contribution in [1.29, 1.82) is 0 Å². The molecular weight excluding hydrogens is 238 g/mol. The molecule has 0 atom stereocenters. The quantitative estimate of drug-likeness (QED) is 0.772. The Balaban J connectivity index is 2.07. The van der Waals surface area contributed by atoms with Crippen molar-refractivity contribution in [3.63, 3.8) is 0 Å². The average Bonchev–Trinajstić information content (AvgIpc) is 2.91. The number of fused-ring (bicyclic) bond motifs is 1. The fourth-order valence-electron chi connectivity index (χ4n) is 2.20. The molecule has 0 unspecified atom stereocenters. The summed E-state index contributed by atoms with van der Waals surface area (Å²) in [6.45, 7) is 2.68. The van der Waals surface area contributed by atoms with E-state index in [0.717, 1.165) is 29.3 Å². The van der Waals surface area contributed by atoms with Gasteiger partial charge in [0.15, 0.2) is 5.82 Å². The molecule has 2 heterocycles. The summed E-state index contributed by atoms with van der Waals surface area (Å²) in [4.78, 5) is 4.55. The van der Waals surface area contributed by atoms with E-state index in [2.05, 4.69) is 41.3 Å². The molecule has 2 N–H and O–H groups in total. The summed E-state index contributed by atoms with van der Waals surface area (Å²) in [6, 6.07) is 8.34. The lowest BCUT2D eigenvalue weighted by molar-refractivity contribution is 0.903. The standard InChI is InChI=1S/C14H17N5/c1-10-3-5-11(6-4-10)13-17-19-9-12(7-8-15)16-14(19)18(13)2/h3-6,9H,7-8,15H2,1-2H3. The van der Waals surface area contributed by atoms with Gasteiger partial charge in [-0.3, -0.25) is 4.57 Å². The molecule has 0 spiro atoms. The number of hydrogen-bond donors (Lipinski definition) is 1. The molecule has 0 amide bonds. The molecule has 0 aliphatic carbocycles. The van der Waals surface area contributed by atoms with Crippen LogP contribution in [0.15, 0.2) is 30.5 Å². The van der Waals surface area contributed by atoms with Crippen LogP contribution in [0.4, 0.5) is 0 Å². The minimum Gasteiger partial charge on any atom is -0.330 e. The maximum atomic E-state index is 5.55. The van der Waals surface area contributed by atoms with Crippen LogP contribution in [0.3, 0.4) is 0 Å². The third-order valence-corrected chi connectivity index (χ3v) is 3.25. The van der Waals surface area contributed by atoms with Gasteiger partial charge >= 0.3 is 0 Å². The second-order valence-corrected chi connectivity index (χ2v) is 4.76. The van der Waals surface area contributed by atoms with E-state index < -0.39 is 0 Å². The summed E-state index contributed by atoms with van der Waals surface area (Å²) in [7, 11) is 1.98. The normalized spacial score (nSPS) is 11.3. The zero-order valence-corrected chi connectivity index (χ0v) is 11.2. The van der Waals surface area contributed by atoms with Crippen LogP contribution < -0.4 is 5.73 Å². The zero-order valence-electron chi connectivity index (χ0n) is 11.2. The van der Waals surface area contributed by atoms with Gasteiger partial charge in [0.1, 0.15) is 0 Å². The van der Waals surface area contributed by atoms with Crippen molar-refractivity contribution >= 4 is 5.78 Å². The molecule has 0 saturated carbocycles. The van der Waals surface area contributed by atoms with Crippen molar-refractivity contribution in [1.82, 2.24) is 19.2 Å². The van der Waals surface area contributed by atoms with Crippen molar-refractivity contribution < 1.29 is 0 Å². The van der Waals surface area contributed by atoms with Crippen LogP contribution in [0, 0.1) is 6.92 Å². The number of imidazole rings is 1. The first kappa shape index (κ1) is 11.9. The Morgan fingerprint density at radius 1 is 1.21 bits per heavy atom. The van der Waals surface area contributed by atoms with E-state index in [4.69, 9.17) is 5.73 Å². The summed E-state index contributed by atoms with van der Waals surface area (Å²) < 4.78 is 3.82. The predicted molar refractivity (Wildman–Crippen MR) is 74.9 cm³/mol. The second kappa shape index (κ2) is 4.51. The van der Waals surface area contributed by atoms with Gasteiger partial charge in [0.2, 0.25) is 5.78 Å². The van der Waals surface area contributed by atoms with E-state index in [1.165, 1.54) is 5.56 Å². The van der Waals surface area contributed by atoms with Crippen molar-refractivity contribution in [3.05, 3.63) is 41.7 Å². The smallest absolute Gasteiger partial charge is 0.232 e. The molecule has 98 valence electrons. The number of benzene rings is 1. The molecule has 0 saturated heterocycles. The van der Waals surface area contributed by atoms with Crippen LogP contribution in [-0.2, 0) is 13.5 Å². The molecule has 5 heteroatoms. The van der Waals surface area contributed by atoms with Crippen LogP contribution in [0.5, 0.6) is 0 Å². The number of nitrogens with zero attached hydrogens (tertiary/aromatic N) is 4. The Bertz CT molecular complexity index is 705. The number of hydrogen-bond acceptors (Lipinski definition) is 3. The van der Waals surface area contributed by atoms with E-state index in [1.54, 1.807) is 0 Å². The van der Waals surface area contributed by atoms with Gasteiger partial charge in [-0.1, -0.05) is 29.8 Å². The first-order chi connectivity index (χ1) is 9.19. The molecule has 3 aromatic rings. The summed E-state index contributed by atoms with van der Waals surface area (Å²) in [5.74, 6) is 1.76. The lowest BCUT2D eigenvalue weighted by Crippen LogP contribution is -2.03. The minimum atomic E-state index is 0.606. The van der Waals surface area contributed by atoms with Crippen LogP contribution in [0.25, 0.3) is 17.2 Å². The molecular formula is C14H17N5. The van der Waals surface area contributed by atoms with Gasteiger partial charge in [-0.15, -0.1) is 5.10 Å². The Labute approximate surface area is 111 Å². The van der Waals surface area contributed by atoms with Crippen molar-refractivity contribution in [3.8, 4) is 11.4 Å². The average molecular weight is 255 g/mol. The van der Waals surface area contributed by atoms with Gasteiger partial charge in [0.25, 0.3) is 0 Å². The molecule has 2 aromatic heterocycles. The van der Waals surface area contributed by atoms with E-state index in [9.17, 15) is 0 Å².